The van der Waals surface area contributed by atoms with Crippen LogP contribution >= 0.6 is 11.6 Å². The van der Waals surface area contributed by atoms with Crippen molar-refractivity contribution < 1.29 is 14.3 Å². The summed E-state index contributed by atoms with van der Waals surface area (Å²) in [5, 5.41) is 14.7. The number of carbonyl (C=O) groups excluding carboxylic acids is 1. The van der Waals surface area contributed by atoms with Crippen LogP contribution in [-0.4, -0.2) is 17.7 Å². The number of carbonyl (C=O) groups is 1. The molecular weight excluding hydrogens is 367 g/mol. The lowest BCUT2D eigenvalue weighted by Crippen LogP contribution is -2.20. The lowest BCUT2D eigenvalue weighted by molar-refractivity contribution is 0.262. The molecule has 0 unspecified atom stereocenters. The first kappa shape index (κ1) is 18.9. The van der Waals surface area contributed by atoms with Gasteiger partial charge in [-0.05, 0) is 53.4 Å². The van der Waals surface area contributed by atoms with Crippen molar-refractivity contribution in [1.29, 1.82) is 0 Å². The van der Waals surface area contributed by atoms with Crippen LogP contribution in [0.1, 0.15) is 5.56 Å². The Morgan fingerprint density at radius 1 is 0.963 bits per heavy atom. The van der Waals surface area contributed by atoms with Crippen molar-refractivity contribution in [2.75, 3.05) is 17.2 Å². The quantitative estimate of drug-likeness (QED) is 0.557. The minimum absolute atomic E-state index is 0.00257. The van der Waals surface area contributed by atoms with E-state index in [0.29, 0.717) is 17.8 Å². The minimum atomic E-state index is -0.476. The summed E-state index contributed by atoms with van der Waals surface area (Å²) in [6.07, 6.45) is 0.456. The average Bonchev–Trinajstić information content (AvgIpc) is 2.66. The molecule has 0 aliphatic rings. The Morgan fingerprint density at radius 2 is 1.74 bits per heavy atom. The Bertz CT molecular complexity index is 962. The molecule has 3 aromatic carbocycles. The number of para-hydroxylation sites is 1. The molecule has 138 valence electrons. The van der Waals surface area contributed by atoms with Crippen molar-refractivity contribution in [3.8, 4) is 11.1 Å². The molecule has 0 atom stereocenters. The second-order valence-electron chi connectivity index (χ2n) is 5.92. The molecule has 0 heterocycles. The first-order valence-corrected chi connectivity index (χ1v) is 8.77. The molecule has 0 aromatic heterocycles. The molecule has 3 N–H and O–H groups in total. The third kappa shape index (κ3) is 4.84. The maximum Gasteiger partial charge on any atom is 0.323 e. The van der Waals surface area contributed by atoms with Gasteiger partial charge in [-0.15, -0.1) is 0 Å². The van der Waals surface area contributed by atoms with Crippen LogP contribution in [0.25, 0.3) is 11.1 Å². The zero-order valence-electron chi connectivity index (χ0n) is 14.4. The summed E-state index contributed by atoms with van der Waals surface area (Å²) in [7, 11) is 0. The predicted octanol–water partition coefficient (Wildman–Crippen LogP) is 5.32. The molecule has 6 heteroatoms. The first-order chi connectivity index (χ1) is 13.1. The molecule has 27 heavy (non-hydrogen) atoms. The molecule has 0 aliphatic heterocycles. The fourth-order valence-electron chi connectivity index (χ4n) is 2.72. The van der Waals surface area contributed by atoms with Crippen molar-refractivity contribution in [1.82, 2.24) is 0 Å². The van der Waals surface area contributed by atoms with E-state index in [1.807, 2.05) is 24.3 Å². The third-order valence-electron chi connectivity index (χ3n) is 4.02. The van der Waals surface area contributed by atoms with Crippen molar-refractivity contribution >= 4 is 29.0 Å². The molecule has 4 nitrogen and oxygen atoms in total. The molecule has 0 saturated carbocycles. The Hall–Kier alpha value is -2.89. The van der Waals surface area contributed by atoms with Gasteiger partial charge in [-0.3, -0.25) is 0 Å². The van der Waals surface area contributed by atoms with Gasteiger partial charge < -0.3 is 15.7 Å². The van der Waals surface area contributed by atoms with Gasteiger partial charge in [-0.2, -0.15) is 0 Å². The molecule has 0 aliphatic carbocycles. The van der Waals surface area contributed by atoms with Crippen molar-refractivity contribution in [2.45, 2.75) is 6.42 Å². The smallest absolute Gasteiger partial charge is 0.323 e. The monoisotopic (exact) mass is 384 g/mol. The largest absolute Gasteiger partial charge is 0.396 e. The van der Waals surface area contributed by atoms with E-state index in [-0.39, 0.29) is 11.6 Å². The van der Waals surface area contributed by atoms with Crippen molar-refractivity contribution in [2.24, 2.45) is 0 Å². The maximum absolute atomic E-state index is 13.3. The summed E-state index contributed by atoms with van der Waals surface area (Å²) < 4.78 is 13.3. The van der Waals surface area contributed by atoms with Crippen LogP contribution in [0.2, 0.25) is 5.02 Å². The molecular formula is C21H18ClFN2O2. The number of hydrogen-bond acceptors (Lipinski definition) is 2. The standard InChI is InChI=1S/C21H18ClFN2O2/c22-18-13-16(8-9-19(18)23)15-5-3-6-17(12-15)24-21(27)25-20-7-2-1-4-14(20)10-11-26/h1-9,12-13,26H,10-11H2,(H2,24,25,27). The number of benzene rings is 3. The number of halogens is 2. The zero-order valence-corrected chi connectivity index (χ0v) is 15.1. The summed E-state index contributed by atoms with van der Waals surface area (Å²) in [5.41, 5.74) is 3.63. The molecule has 0 bridgehead atoms. The Labute approximate surface area is 161 Å². The maximum atomic E-state index is 13.3. The van der Waals surface area contributed by atoms with Gasteiger partial charge in [0.25, 0.3) is 0 Å². The van der Waals surface area contributed by atoms with E-state index in [0.717, 1.165) is 16.7 Å². The van der Waals surface area contributed by atoms with Gasteiger partial charge in [0.05, 0.1) is 5.02 Å². The molecule has 0 spiro atoms. The summed E-state index contributed by atoms with van der Waals surface area (Å²) in [6, 6.07) is 18.6. The van der Waals surface area contributed by atoms with Crippen LogP contribution in [0.15, 0.2) is 66.7 Å². The number of hydrogen-bond donors (Lipinski definition) is 3. The van der Waals surface area contributed by atoms with Crippen LogP contribution in [0.4, 0.5) is 20.6 Å². The second kappa shape index (κ2) is 8.66. The number of anilines is 2. The zero-order chi connectivity index (χ0) is 19.2. The van der Waals surface area contributed by atoms with Gasteiger partial charge in [-0.1, -0.05) is 48.0 Å². The van der Waals surface area contributed by atoms with Crippen molar-refractivity contribution in [3.63, 3.8) is 0 Å². The highest BCUT2D eigenvalue weighted by Gasteiger charge is 2.08. The highest BCUT2D eigenvalue weighted by atomic mass is 35.5. The molecule has 3 rings (SSSR count). The van der Waals surface area contributed by atoms with Gasteiger partial charge in [0, 0.05) is 18.0 Å². The molecule has 0 saturated heterocycles. The Kier molecular flexibility index (Phi) is 6.06. The molecule has 0 radical (unpaired) electrons. The van der Waals surface area contributed by atoms with E-state index in [2.05, 4.69) is 10.6 Å². The van der Waals surface area contributed by atoms with Crippen LogP contribution in [0.3, 0.4) is 0 Å². The van der Waals surface area contributed by atoms with Gasteiger partial charge in [0.15, 0.2) is 0 Å². The summed E-state index contributed by atoms with van der Waals surface area (Å²) in [5.74, 6) is -0.476. The van der Waals surface area contributed by atoms with E-state index >= 15 is 0 Å². The van der Waals surface area contributed by atoms with Crippen LogP contribution in [-0.2, 0) is 6.42 Å². The molecule has 3 aromatic rings. The van der Waals surface area contributed by atoms with Crippen LogP contribution in [0.5, 0.6) is 0 Å². The van der Waals surface area contributed by atoms with Crippen molar-refractivity contribution in [3.05, 3.63) is 83.1 Å². The van der Waals surface area contributed by atoms with Crippen LogP contribution in [0, 0.1) is 5.82 Å². The topological polar surface area (TPSA) is 61.4 Å². The summed E-state index contributed by atoms with van der Waals surface area (Å²) in [6.45, 7) is 0.00257. The number of amides is 2. The number of aliphatic hydroxyl groups excluding tert-OH is 1. The number of urea groups is 1. The van der Waals surface area contributed by atoms with E-state index in [4.69, 9.17) is 16.7 Å². The SMILES string of the molecule is O=C(Nc1cccc(-c2ccc(F)c(Cl)c2)c1)Nc1ccccc1CCO. The highest BCUT2D eigenvalue weighted by molar-refractivity contribution is 6.31. The van der Waals surface area contributed by atoms with Crippen LogP contribution < -0.4 is 10.6 Å². The van der Waals surface area contributed by atoms with Gasteiger partial charge >= 0.3 is 6.03 Å². The van der Waals surface area contributed by atoms with E-state index in [1.54, 1.807) is 36.4 Å². The second-order valence-corrected chi connectivity index (χ2v) is 6.33. The number of nitrogens with one attached hydrogen (secondary N) is 2. The fraction of sp³-hybridized carbons (Fsp3) is 0.0952. The third-order valence-corrected chi connectivity index (χ3v) is 4.31. The number of rotatable bonds is 5. The Morgan fingerprint density at radius 3 is 2.52 bits per heavy atom. The lowest BCUT2D eigenvalue weighted by Gasteiger charge is -2.12. The first-order valence-electron chi connectivity index (χ1n) is 8.39. The molecule has 2 amide bonds. The van der Waals surface area contributed by atoms with Gasteiger partial charge in [0.2, 0.25) is 0 Å². The lowest BCUT2D eigenvalue weighted by atomic mass is 10.1. The normalized spacial score (nSPS) is 10.5. The van der Waals surface area contributed by atoms with E-state index in [9.17, 15) is 9.18 Å². The van der Waals surface area contributed by atoms with Gasteiger partial charge in [0.1, 0.15) is 5.82 Å². The minimum Gasteiger partial charge on any atom is -0.396 e. The number of aliphatic hydroxyl groups is 1. The summed E-state index contributed by atoms with van der Waals surface area (Å²) in [4.78, 5) is 12.3. The van der Waals surface area contributed by atoms with E-state index in [1.165, 1.54) is 6.07 Å². The molecule has 0 fully saturated rings. The van der Waals surface area contributed by atoms with E-state index < -0.39 is 11.8 Å². The highest BCUT2D eigenvalue weighted by Crippen LogP contribution is 2.27. The fourth-order valence-corrected chi connectivity index (χ4v) is 2.90. The predicted molar refractivity (Wildman–Crippen MR) is 107 cm³/mol. The van der Waals surface area contributed by atoms with Gasteiger partial charge in [-0.25, -0.2) is 9.18 Å². The average molecular weight is 385 g/mol. The summed E-state index contributed by atoms with van der Waals surface area (Å²) >= 11 is 5.85. The Balaban J connectivity index is 1.74.